The van der Waals surface area contributed by atoms with Crippen molar-refractivity contribution in [2.45, 2.75) is 19.3 Å². The maximum atomic E-state index is 13.5. The average molecular weight is 450 g/mol. The first kappa shape index (κ1) is 21.6. The Labute approximate surface area is 169 Å². The summed E-state index contributed by atoms with van der Waals surface area (Å²) in [5.74, 6) is -2.47. The van der Waals surface area contributed by atoms with E-state index in [1.165, 1.54) is 12.3 Å². The molecule has 0 aliphatic carbocycles. The molecule has 2 aromatic heterocycles. The van der Waals surface area contributed by atoms with Crippen LogP contribution in [0.25, 0.3) is 11.5 Å². The lowest BCUT2D eigenvalue weighted by Gasteiger charge is -2.15. The first-order valence-corrected chi connectivity index (χ1v) is 8.43. The van der Waals surface area contributed by atoms with Crippen LogP contribution in [0.5, 0.6) is 11.5 Å². The van der Waals surface area contributed by atoms with Crippen LogP contribution in [-0.2, 0) is 12.4 Å². The van der Waals surface area contributed by atoms with Crippen molar-refractivity contribution in [3.05, 3.63) is 68.7 Å². The highest BCUT2D eigenvalue weighted by Crippen LogP contribution is 2.39. The van der Waals surface area contributed by atoms with Crippen LogP contribution < -0.4 is 10.3 Å². The van der Waals surface area contributed by atoms with Gasteiger partial charge in [-0.25, -0.2) is 4.98 Å². The van der Waals surface area contributed by atoms with Gasteiger partial charge in [-0.05, 0) is 36.8 Å². The summed E-state index contributed by atoms with van der Waals surface area (Å²) in [6.45, 7) is 1.70. The first-order chi connectivity index (χ1) is 13.9. The molecule has 12 heteroatoms. The quantitative estimate of drug-likeness (QED) is 0.527. The first-order valence-electron chi connectivity index (χ1n) is 8.05. The van der Waals surface area contributed by atoms with Crippen molar-refractivity contribution in [2.75, 3.05) is 0 Å². The van der Waals surface area contributed by atoms with Gasteiger partial charge < -0.3 is 9.72 Å². The van der Waals surface area contributed by atoms with E-state index in [-0.39, 0.29) is 5.69 Å². The van der Waals surface area contributed by atoms with Gasteiger partial charge in [-0.2, -0.15) is 26.3 Å². The Kier molecular flexibility index (Phi) is 5.50. The number of alkyl halides is 6. The van der Waals surface area contributed by atoms with Gasteiger partial charge in [0.1, 0.15) is 11.4 Å². The lowest BCUT2D eigenvalue weighted by atomic mass is 10.2. The predicted octanol–water partition coefficient (Wildman–Crippen LogP) is 5.62. The van der Waals surface area contributed by atoms with Crippen molar-refractivity contribution in [3.63, 3.8) is 0 Å². The number of rotatable bonds is 3. The van der Waals surface area contributed by atoms with Gasteiger partial charge in [0, 0.05) is 6.20 Å². The maximum Gasteiger partial charge on any atom is 0.437 e. The molecule has 2 heterocycles. The molecular weight excluding hydrogens is 440 g/mol. The predicted molar refractivity (Wildman–Crippen MR) is 94.4 cm³/mol. The molecule has 3 rings (SSSR count). The van der Waals surface area contributed by atoms with E-state index >= 15 is 0 Å². The number of H-pyrrole nitrogens is 1. The Bertz CT molecular complexity index is 1140. The second-order valence-corrected chi connectivity index (χ2v) is 6.46. The number of aryl methyl sites for hydroxylation is 1. The molecule has 158 valence electrons. The fourth-order valence-corrected chi connectivity index (χ4v) is 2.61. The molecule has 0 saturated carbocycles. The molecule has 0 aliphatic heterocycles. The molecule has 1 aromatic carbocycles. The zero-order chi connectivity index (χ0) is 22.3. The normalized spacial score (nSPS) is 12.1. The number of ether oxygens (including phenoxy) is 1. The summed E-state index contributed by atoms with van der Waals surface area (Å²) >= 11 is 5.48. The molecule has 0 fully saturated rings. The lowest BCUT2D eigenvalue weighted by molar-refractivity contribution is -0.142. The van der Waals surface area contributed by atoms with Gasteiger partial charge in [-0.15, -0.1) is 0 Å². The molecule has 0 aliphatic rings. The SMILES string of the molecule is Cc1ccc(-c2nc(C(F)(F)F)c(Oc3ccc(Cl)c(C(F)(F)F)c3)c(=O)[nH]2)nc1. The van der Waals surface area contributed by atoms with Crippen molar-refractivity contribution < 1.29 is 31.1 Å². The van der Waals surface area contributed by atoms with Crippen LogP contribution in [0.4, 0.5) is 26.3 Å². The van der Waals surface area contributed by atoms with E-state index in [2.05, 4.69) is 15.0 Å². The number of pyridine rings is 1. The monoisotopic (exact) mass is 449 g/mol. The number of benzene rings is 1. The molecule has 0 radical (unpaired) electrons. The van der Waals surface area contributed by atoms with Crippen LogP contribution in [-0.4, -0.2) is 15.0 Å². The summed E-state index contributed by atoms with van der Waals surface area (Å²) in [4.78, 5) is 21.7. The molecule has 3 aromatic rings. The Balaban J connectivity index is 2.11. The minimum absolute atomic E-state index is 0.0411. The molecule has 0 spiro atoms. The van der Waals surface area contributed by atoms with E-state index in [0.717, 1.165) is 17.7 Å². The minimum atomic E-state index is -5.14. The number of halogens is 7. The van der Waals surface area contributed by atoms with Crippen LogP contribution in [0.3, 0.4) is 0 Å². The second kappa shape index (κ2) is 7.63. The molecule has 0 amide bonds. The summed E-state index contributed by atoms with van der Waals surface area (Å²) in [6.07, 6.45) is -8.66. The van der Waals surface area contributed by atoms with E-state index in [9.17, 15) is 31.1 Å². The fourth-order valence-electron chi connectivity index (χ4n) is 2.38. The third-order valence-electron chi connectivity index (χ3n) is 3.76. The number of aromatic amines is 1. The van der Waals surface area contributed by atoms with Crippen LogP contribution >= 0.6 is 11.6 Å². The molecule has 30 heavy (non-hydrogen) atoms. The molecule has 0 bridgehead atoms. The fraction of sp³-hybridized carbons (Fsp3) is 0.167. The van der Waals surface area contributed by atoms with Crippen LogP contribution in [0.1, 0.15) is 16.8 Å². The highest BCUT2D eigenvalue weighted by molar-refractivity contribution is 6.31. The molecular formula is C18H10ClF6N3O2. The van der Waals surface area contributed by atoms with Crippen LogP contribution in [0.15, 0.2) is 41.3 Å². The number of nitrogens with zero attached hydrogens (tertiary/aromatic N) is 2. The van der Waals surface area contributed by atoms with Crippen molar-refractivity contribution in [3.8, 4) is 23.0 Å². The summed E-state index contributed by atoms with van der Waals surface area (Å²) in [5, 5.41) is -0.682. The molecule has 0 atom stereocenters. The molecule has 0 unspecified atom stereocenters. The molecule has 5 nitrogen and oxygen atoms in total. The van der Waals surface area contributed by atoms with E-state index in [1.807, 2.05) is 0 Å². The zero-order valence-electron chi connectivity index (χ0n) is 14.8. The van der Waals surface area contributed by atoms with Crippen LogP contribution in [0.2, 0.25) is 5.02 Å². The van der Waals surface area contributed by atoms with Gasteiger partial charge in [-0.1, -0.05) is 17.7 Å². The number of hydrogen-bond acceptors (Lipinski definition) is 4. The van der Waals surface area contributed by atoms with Crippen LogP contribution in [0, 0.1) is 6.92 Å². The van der Waals surface area contributed by atoms with Crippen molar-refractivity contribution >= 4 is 11.6 Å². The van der Waals surface area contributed by atoms with Crippen molar-refractivity contribution in [1.82, 2.24) is 15.0 Å². The highest BCUT2D eigenvalue weighted by Gasteiger charge is 2.39. The van der Waals surface area contributed by atoms with E-state index in [0.29, 0.717) is 6.07 Å². The summed E-state index contributed by atoms with van der Waals surface area (Å²) < 4.78 is 84.3. The number of aromatic nitrogens is 3. The topological polar surface area (TPSA) is 67.9 Å². The van der Waals surface area contributed by atoms with Gasteiger partial charge in [0.05, 0.1) is 10.6 Å². The standard InChI is InChI=1S/C18H10ClF6N3O2/c1-8-2-5-12(26-7-8)15-27-14(18(23,24)25)13(16(29)28-15)30-9-3-4-11(19)10(6-9)17(20,21)22/h2-7H,1H3,(H,27,28,29). The Morgan fingerprint density at radius 2 is 1.73 bits per heavy atom. The largest absolute Gasteiger partial charge is 0.449 e. The van der Waals surface area contributed by atoms with Gasteiger partial charge in [0.25, 0.3) is 5.56 Å². The Morgan fingerprint density at radius 3 is 2.30 bits per heavy atom. The van der Waals surface area contributed by atoms with Crippen molar-refractivity contribution in [1.29, 1.82) is 0 Å². The zero-order valence-corrected chi connectivity index (χ0v) is 15.6. The molecule has 1 N–H and O–H groups in total. The van der Waals surface area contributed by atoms with Gasteiger partial charge in [-0.3, -0.25) is 9.78 Å². The highest BCUT2D eigenvalue weighted by atomic mass is 35.5. The minimum Gasteiger partial charge on any atom is -0.449 e. The third kappa shape index (κ3) is 4.56. The Morgan fingerprint density at radius 1 is 1.03 bits per heavy atom. The second-order valence-electron chi connectivity index (χ2n) is 6.05. The van der Waals surface area contributed by atoms with E-state index in [4.69, 9.17) is 16.3 Å². The number of nitrogens with one attached hydrogen (secondary N) is 1. The maximum absolute atomic E-state index is 13.5. The summed E-state index contributed by atoms with van der Waals surface area (Å²) in [5.41, 5.74) is -3.72. The van der Waals surface area contributed by atoms with Gasteiger partial charge in [0.2, 0.25) is 5.75 Å². The smallest absolute Gasteiger partial charge is 0.437 e. The average Bonchev–Trinajstić information content (AvgIpc) is 2.63. The Hall–Kier alpha value is -3.08. The van der Waals surface area contributed by atoms with Gasteiger partial charge >= 0.3 is 12.4 Å². The summed E-state index contributed by atoms with van der Waals surface area (Å²) in [6, 6.07) is 4.97. The lowest BCUT2D eigenvalue weighted by Crippen LogP contribution is -2.21. The van der Waals surface area contributed by atoms with Crippen molar-refractivity contribution in [2.24, 2.45) is 0 Å². The number of hydrogen-bond donors (Lipinski definition) is 1. The summed E-state index contributed by atoms with van der Waals surface area (Å²) in [7, 11) is 0. The molecule has 0 saturated heterocycles. The van der Waals surface area contributed by atoms with E-state index in [1.54, 1.807) is 13.0 Å². The van der Waals surface area contributed by atoms with E-state index < -0.39 is 51.5 Å². The van der Waals surface area contributed by atoms with Gasteiger partial charge in [0.15, 0.2) is 11.5 Å². The third-order valence-corrected chi connectivity index (χ3v) is 4.09.